The van der Waals surface area contributed by atoms with E-state index < -0.39 is 0 Å². The summed E-state index contributed by atoms with van der Waals surface area (Å²) in [5.41, 5.74) is 0.865. The number of amides is 1. The average molecular weight is 246 g/mol. The lowest BCUT2D eigenvalue weighted by atomic mass is 10.2. The lowest BCUT2D eigenvalue weighted by Gasteiger charge is -2.05. The number of nitrogens with one attached hydrogen (secondary N) is 1. The molecule has 0 aliphatic carbocycles. The molecule has 0 aliphatic rings. The summed E-state index contributed by atoms with van der Waals surface area (Å²) in [5.74, 6) is 0.137. The minimum absolute atomic E-state index is 0.0613. The van der Waals surface area contributed by atoms with Crippen LogP contribution in [0.5, 0.6) is 5.75 Å². The van der Waals surface area contributed by atoms with Gasteiger partial charge in [-0.2, -0.15) is 0 Å². The van der Waals surface area contributed by atoms with Gasteiger partial charge in [-0.25, -0.2) is 0 Å². The molecule has 0 fully saturated rings. The second-order valence-electron chi connectivity index (χ2n) is 3.86. The Balaban J connectivity index is 1.75. The molecule has 6 heteroatoms. The standard InChI is InChI=1S/C12H14N4O2/c17-11-3-1-2-10(8-11)9-13-12(18)4-6-16-7-5-14-15-16/h1-3,5,7-8,17H,4,6,9H2,(H,13,18). The minimum Gasteiger partial charge on any atom is -0.508 e. The van der Waals surface area contributed by atoms with Crippen LogP contribution < -0.4 is 5.32 Å². The Bertz CT molecular complexity index is 511. The number of rotatable bonds is 5. The number of hydrogen-bond donors (Lipinski definition) is 2. The Morgan fingerprint density at radius 2 is 2.33 bits per heavy atom. The predicted molar refractivity (Wildman–Crippen MR) is 64.6 cm³/mol. The summed E-state index contributed by atoms with van der Waals surface area (Å²) < 4.78 is 1.61. The second kappa shape index (κ2) is 5.81. The van der Waals surface area contributed by atoms with Crippen LogP contribution in [0.2, 0.25) is 0 Å². The third kappa shape index (κ3) is 3.58. The molecule has 0 unspecified atom stereocenters. The molecule has 2 rings (SSSR count). The number of aromatic nitrogens is 3. The molecule has 1 aromatic heterocycles. The second-order valence-corrected chi connectivity index (χ2v) is 3.86. The third-order valence-corrected chi connectivity index (χ3v) is 2.44. The number of aromatic hydroxyl groups is 1. The smallest absolute Gasteiger partial charge is 0.222 e. The Morgan fingerprint density at radius 1 is 1.44 bits per heavy atom. The molecule has 0 atom stereocenters. The van der Waals surface area contributed by atoms with Gasteiger partial charge in [-0.15, -0.1) is 5.10 Å². The number of carbonyl (C=O) groups is 1. The summed E-state index contributed by atoms with van der Waals surface area (Å²) in [7, 11) is 0. The normalized spacial score (nSPS) is 10.2. The fraction of sp³-hybridized carbons (Fsp3) is 0.250. The van der Waals surface area contributed by atoms with Gasteiger partial charge in [0.1, 0.15) is 5.75 Å². The third-order valence-electron chi connectivity index (χ3n) is 2.44. The highest BCUT2D eigenvalue weighted by atomic mass is 16.3. The van der Waals surface area contributed by atoms with E-state index in [9.17, 15) is 9.90 Å². The molecule has 0 radical (unpaired) electrons. The summed E-state index contributed by atoms with van der Waals surface area (Å²) in [4.78, 5) is 11.6. The van der Waals surface area contributed by atoms with E-state index in [1.54, 1.807) is 35.3 Å². The van der Waals surface area contributed by atoms with E-state index in [0.29, 0.717) is 19.5 Å². The van der Waals surface area contributed by atoms with Crippen molar-refractivity contribution in [3.63, 3.8) is 0 Å². The number of nitrogens with zero attached hydrogens (tertiary/aromatic N) is 3. The molecular formula is C12H14N4O2. The van der Waals surface area contributed by atoms with Crippen molar-refractivity contribution in [1.82, 2.24) is 20.3 Å². The molecule has 0 bridgehead atoms. The van der Waals surface area contributed by atoms with Gasteiger partial charge in [-0.1, -0.05) is 17.3 Å². The zero-order chi connectivity index (χ0) is 12.8. The van der Waals surface area contributed by atoms with Crippen molar-refractivity contribution in [1.29, 1.82) is 0 Å². The predicted octanol–water partition coefficient (Wildman–Crippen LogP) is 0.690. The van der Waals surface area contributed by atoms with E-state index in [1.807, 2.05) is 6.07 Å². The molecule has 94 valence electrons. The lowest BCUT2D eigenvalue weighted by Crippen LogP contribution is -2.24. The Kier molecular flexibility index (Phi) is 3.90. The highest BCUT2D eigenvalue weighted by molar-refractivity contribution is 5.75. The van der Waals surface area contributed by atoms with Crippen LogP contribution in [0.1, 0.15) is 12.0 Å². The van der Waals surface area contributed by atoms with Gasteiger partial charge in [0, 0.05) is 19.2 Å². The van der Waals surface area contributed by atoms with Gasteiger partial charge in [-0.05, 0) is 17.7 Å². The molecule has 2 aromatic rings. The number of phenols is 1. The van der Waals surface area contributed by atoms with Gasteiger partial charge < -0.3 is 10.4 Å². The van der Waals surface area contributed by atoms with Gasteiger partial charge in [0.25, 0.3) is 0 Å². The zero-order valence-electron chi connectivity index (χ0n) is 9.78. The van der Waals surface area contributed by atoms with Crippen molar-refractivity contribution in [2.75, 3.05) is 0 Å². The van der Waals surface area contributed by atoms with E-state index >= 15 is 0 Å². The minimum atomic E-state index is -0.0613. The fourth-order valence-corrected chi connectivity index (χ4v) is 1.52. The molecule has 0 spiro atoms. The van der Waals surface area contributed by atoms with Crippen molar-refractivity contribution >= 4 is 5.91 Å². The number of carbonyl (C=O) groups excluding carboxylic acids is 1. The van der Waals surface area contributed by atoms with Gasteiger partial charge >= 0.3 is 0 Å². The maximum atomic E-state index is 11.6. The SMILES string of the molecule is O=C(CCn1ccnn1)NCc1cccc(O)c1. The molecule has 0 saturated heterocycles. The van der Waals surface area contributed by atoms with Gasteiger partial charge in [-0.3, -0.25) is 9.48 Å². The van der Waals surface area contributed by atoms with Crippen molar-refractivity contribution in [3.05, 3.63) is 42.2 Å². The molecule has 0 aliphatic heterocycles. The number of phenolic OH excluding ortho intramolecular Hbond substituents is 1. The number of aryl methyl sites for hydroxylation is 1. The number of benzene rings is 1. The van der Waals surface area contributed by atoms with Crippen molar-refractivity contribution < 1.29 is 9.90 Å². The first-order valence-electron chi connectivity index (χ1n) is 5.63. The van der Waals surface area contributed by atoms with E-state index in [0.717, 1.165) is 5.56 Å². The number of hydrogen-bond acceptors (Lipinski definition) is 4. The Morgan fingerprint density at radius 3 is 3.06 bits per heavy atom. The molecule has 2 N–H and O–H groups in total. The van der Waals surface area contributed by atoms with Crippen molar-refractivity contribution in [2.45, 2.75) is 19.5 Å². The highest BCUT2D eigenvalue weighted by Crippen LogP contribution is 2.10. The molecule has 1 aromatic carbocycles. The van der Waals surface area contributed by atoms with Crippen molar-refractivity contribution in [2.24, 2.45) is 0 Å². The van der Waals surface area contributed by atoms with Crippen LogP contribution in [-0.2, 0) is 17.9 Å². The Labute approximate surface area is 104 Å². The van der Waals surface area contributed by atoms with Crippen LogP contribution in [0.4, 0.5) is 0 Å². The summed E-state index contributed by atoms with van der Waals surface area (Å²) in [6.45, 7) is 0.913. The largest absolute Gasteiger partial charge is 0.508 e. The first kappa shape index (κ1) is 12.1. The van der Waals surface area contributed by atoms with Gasteiger partial charge in [0.2, 0.25) is 5.91 Å². The van der Waals surface area contributed by atoms with Crippen LogP contribution in [0, 0.1) is 0 Å². The van der Waals surface area contributed by atoms with E-state index in [-0.39, 0.29) is 11.7 Å². The van der Waals surface area contributed by atoms with Gasteiger partial charge in [0.15, 0.2) is 0 Å². The summed E-state index contributed by atoms with van der Waals surface area (Å²) in [6.07, 6.45) is 3.63. The highest BCUT2D eigenvalue weighted by Gasteiger charge is 2.02. The van der Waals surface area contributed by atoms with Crippen LogP contribution in [0.25, 0.3) is 0 Å². The molecule has 6 nitrogen and oxygen atoms in total. The van der Waals surface area contributed by atoms with Crippen LogP contribution in [-0.4, -0.2) is 26.0 Å². The van der Waals surface area contributed by atoms with Gasteiger partial charge in [0.05, 0.1) is 12.7 Å². The first-order chi connectivity index (χ1) is 8.74. The van der Waals surface area contributed by atoms with Crippen LogP contribution in [0.3, 0.4) is 0 Å². The topological polar surface area (TPSA) is 80.0 Å². The molecular weight excluding hydrogens is 232 g/mol. The molecule has 0 saturated carbocycles. The maximum absolute atomic E-state index is 11.6. The summed E-state index contributed by atoms with van der Waals surface area (Å²) >= 11 is 0. The van der Waals surface area contributed by atoms with Crippen LogP contribution >= 0.6 is 0 Å². The van der Waals surface area contributed by atoms with Crippen LogP contribution in [0.15, 0.2) is 36.7 Å². The van der Waals surface area contributed by atoms with E-state index in [1.165, 1.54) is 0 Å². The molecule has 18 heavy (non-hydrogen) atoms. The monoisotopic (exact) mass is 246 g/mol. The average Bonchev–Trinajstić information content (AvgIpc) is 2.87. The first-order valence-corrected chi connectivity index (χ1v) is 5.63. The fourth-order valence-electron chi connectivity index (χ4n) is 1.52. The summed E-state index contributed by atoms with van der Waals surface area (Å²) in [5, 5.41) is 19.5. The molecule has 1 amide bonds. The van der Waals surface area contributed by atoms with E-state index in [2.05, 4.69) is 15.6 Å². The quantitative estimate of drug-likeness (QED) is 0.813. The zero-order valence-corrected chi connectivity index (χ0v) is 9.78. The Hall–Kier alpha value is -2.37. The van der Waals surface area contributed by atoms with E-state index in [4.69, 9.17) is 0 Å². The lowest BCUT2D eigenvalue weighted by molar-refractivity contribution is -0.121. The summed E-state index contributed by atoms with van der Waals surface area (Å²) in [6, 6.07) is 6.80. The molecule has 1 heterocycles. The maximum Gasteiger partial charge on any atom is 0.222 e. The van der Waals surface area contributed by atoms with Crippen molar-refractivity contribution in [3.8, 4) is 5.75 Å².